The Kier molecular flexibility index (Phi) is 4.11. The molecule has 1 heterocycles. The van der Waals surface area contributed by atoms with E-state index < -0.39 is 0 Å². The van der Waals surface area contributed by atoms with Crippen molar-refractivity contribution in [3.8, 4) is 17.2 Å². The van der Waals surface area contributed by atoms with Gasteiger partial charge in [0.15, 0.2) is 0 Å². The molecule has 1 aromatic heterocycles. The summed E-state index contributed by atoms with van der Waals surface area (Å²) < 4.78 is 1.80. The van der Waals surface area contributed by atoms with E-state index in [-0.39, 0.29) is 6.04 Å². The molecule has 0 aliphatic heterocycles. The first-order valence-corrected chi connectivity index (χ1v) is 6.04. The van der Waals surface area contributed by atoms with E-state index in [1.165, 1.54) is 0 Å². The lowest BCUT2D eigenvalue weighted by atomic mass is 10.1. The van der Waals surface area contributed by atoms with Gasteiger partial charge in [-0.1, -0.05) is 37.3 Å². The van der Waals surface area contributed by atoms with Crippen LogP contribution in [0.3, 0.4) is 0 Å². The highest BCUT2D eigenvalue weighted by Crippen LogP contribution is 2.17. The molecule has 0 radical (unpaired) electrons. The van der Waals surface area contributed by atoms with E-state index in [1.807, 2.05) is 49.6 Å². The molecule has 4 nitrogen and oxygen atoms in total. The van der Waals surface area contributed by atoms with Crippen LogP contribution in [-0.4, -0.2) is 22.4 Å². The molecular weight excluding hydrogens is 224 g/mol. The molecule has 2 rings (SSSR count). The normalized spacial score (nSPS) is 12.0. The minimum Gasteiger partial charge on any atom is -0.301 e. The number of aromatic nitrogens is 2. The monoisotopic (exact) mass is 240 g/mol. The summed E-state index contributed by atoms with van der Waals surface area (Å²) in [6, 6.07) is 12.1. The smallest absolute Gasteiger partial charge is 0.115 e. The third-order valence-electron chi connectivity index (χ3n) is 2.72. The average molecular weight is 240 g/mol. The summed E-state index contributed by atoms with van der Waals surface area (Å²) in [7, 11) is 0. The number of nitrogens with one attached hydrogen (secondary N) is 1. The largest absolute Gasteiger partial charge is 0.301 e. The standard InChI is InChI=1S/C14H16N4/c1-2-16-14(8-15)11-18-10-13(9-17-18)12-6-4-3-5-7-12/h3-7,9-10,14,16H,2,11H2,1H3. The van der Waals surface area contributed by atoms with Crippen molar-refractivity contribution in [2.45, 2.75) is 19.5 Å². The van der Waals surface area contributed by atoms with Crippen molar-refractivity contribution in [2.75, 3.05) is 6.54 Å². The molecule has 1 aromatic carbocycles. The predicted octanol–water partition coefficient (Wildman–Crippen LogP) is 2.05. The topological polar surface area (TPSA) is 53.6 Å². The maximum atomic E-state index is 8.99. The van der Waals surface area contributed by atoms with E-state index in [0.29, 0.717) is 6.54 Å². The van der Waals surface area contributed by atoms with Gasteiger partial charge in [0, 0.05) is 11.8 Å². The summed E-state index contributed by atoms with van der Waals surface area (Å²) in [6.45, 7) is 3.34. The third-order valence-corrected chi connectivity index (χ3v) is 2.72. The summed E-state index contributed by atoms with van der Waals surface area (Å²) in [5, 5.41) is 16.4. The van der Waals surface area contributed by atoms with Crippen molar-refractivity contribution >= 4 is 0 Å². The van der Waals surface area contributed by atoms with Crippen molar-refractivity contribution < 1.29 is 0 Å². The quantitative estimate of drug-likeness (QED) is 0.870. The molecule has 1 atom stereocenters. The summed E-state index contributed by atoms with van der Waals surface area (Å²) in [4.78, 5) is 0. The summed E-state index contributed by atoms with van der Waals surface area (Å²) in [5.41, 5.74) is 2.21. The fraction of sp³-hybridized carbons (Fsp3) is 0.286. The van der Waals surface area contributed by atoms with Gasteiger partial charge in [0.25, 0.3) is 0 Å². The molecule has 4 heteroatoms. The van der Waals surface area contributed by atoms with E-state index in [1.54, 1.807) is 4.68 Å². The maximum Gasteiger partial charge on any atom is 0.115 e. The Bertz CT molecular complexity index is 524. The van der Waals surface area contributed by atoms with Gasteiger partial charge in [-0.05, 0) is 12.1 Å². The van der Waals surface area contributed by atoms with E-state index in [2.05, 4.69) is 16.5 Å². The minimum absolute atomic E-state index is 0.196. The van der Waals surface area contributed by atoms with Gasteiger partial charge >= 0.3 is 0 Å². The highest BCUT2D eigenvalue weighted by molar-refractivity contribution is 5.61. The average Bonchev–Trinajstić information content (AvgIpc) is 2.88. The molecule has 2 aromatic rings. The van der Waals surface area contributed by atoms with Crippen molar-refractivity contribution in [2.24, 2.45) is 0 Å². The Morgan fingerprint density at radius 1 is 1.33 bits per heavy atom. The SMILES string of the molecule is CCNC(C#N)Cn1cc(-c2ccccc2)cn1. The molecule has 0 amide bonds. The van der Waals surface area contributed by atoms with E-state index in [0.717, 1.165) is 17.7 Å². The van der Waals surface area contributed by atoms with Crippen LogP contribution in [0.5, 0.6) is 0 Å². The van der Waals surface area contributed by atoms with Gasteiger partial charge < -0.3 is 5.32 Å². The number of likely N-dealkylation sites (N-methyl/N-ethyl adjacent to an activating group) is 1. The molecule has 0 aliphatic carbocycles. The van der Waals surface area contributed by atoms with Gasteiger partial charge in [-0.15, -0.1) is 0 Å². The molecule has 0 bridgehead atoms. The van der Waals surface area contributed by atoms with Crippen LogP contribution >= 0.6 is 0 Å². The Morgan fingerprint density at radius 2 is 2.11 bits per heavy atom. The number of benzene rings is 1. The van der Waals surface area contributed by atoms with E-state index in [4.69, 9.17) is 5.26 Å². The molecule has 0 saturated heterocycles. The Balaban J connectivity index is 2.09. The first-order chi connectivity index (χ1) is 8.83. The molecule has 0 fully saturated rings. The fourth-order valence-corrected chi connectivity index (χ4v) is 1.83. The lowest BCUT2D eigenvalue weighted by Gasteiger charge is -2.09. The van der Waals surface area contributed by atoms with Crippen LogP contribution in [0, 0.1) is 11.3 Å². The highest BCUT2D eigenvalue weighted by Gasteiger charge is 2.08. The van der Waals surface area contributed by atoms with Crippen LogP contribution in [0.1, 0.15) is 6.92 Å². The maximum absolute atomic E-state index is 8.99. The zero-order chi connectivity index (χ0) is 12.8. The Hall–Kier alpha value is -2.12. The van der Waals surface area contributed by atoms with Gasteiger partial charge in [0.05, 0.1) is 18.8 Å². The van der Waals surface area contributed by atoms with Crippen LogP contribution in [-0.2, 0) is 6.54 Å². The third kappa shape index (κ3) is 2.96. The molecule has 92 valence electrons. The number of nitrogens with zero attached hydrogens (tertiary/aromatic N) is 3. The van der Waals surface area contributed by atoms with E-state index in [9.17, 15) is 0 Å². The van der Waals surface area contributed by atoms with Crippen molar-refractivity contribution in [1.82, 2.24) is 15.1 Å². The van der Waals surface area contributed by atoms with Crippen molar-refractivity contribution in [1.29, 1.82) is 5.26 Å². The van der Waals surface area contributed by atoms with Crippen molar-refractivity contribution in [3.05, 3.63) is 42.7 Å². The fourth-order valence-electron chi connectivity index (χ4n) is 1.83. The van der Waals surface area contributed by atoms with Crippen molar-refractivity contribution in [3.63, 3.8) is 0 Å². The van der Waals surface area contributed by atoms with Crippen LogP contribution in [0.2, 0.25) is 0 Å². The second-order valence-corrected chi connectivity index (χ2v) is 4.06. The number of rotatable bonds is 5. The van der Waals surface area contributed by atoms with E-state index >= 15 is 0 Å². The van der Waals surface area contributed by atoms with Gasteiger partial charge in [-0.3, -0.25) is 4.68 Å². The first kappa shape index (κ1) is 12.3. The van der Waals surface area contributed by atoms with Gasteiger partial charge in [-0.25, -0.2) is 0 Å². The number of hydrogen-bond acceptors (Lipinski definition) is 3. The van der Waals surface area contributed by atoms with Gasteiger partial charge in [0.1, 0.15) is 6.04 Å². The molecule has 0 saturated carbocycles. The second kappa shape index (κ2) is 5.99. The van der Waals surface area contributed by atoms with Gasteiger partial charge in [-0.2, -0.15) is 10.4 Å². The first-order valence-electron chi connectivity index (χ1n) is 6.04. The molecule has 1 N–H and O–H groups in total. The minimum atomic E-state index is -0.196. The number of hydrogen-bond donors (Lipinski definition) is 1. The lowest BCUT2D eigenvalue weighted by Crippen LogP contribution is -2.31. The summed E-state index contributed by atoms with van der Waals surface area (Å²) in [5.74, 6) is 0. The van der Waals surface area contributed by atoms with Crippen LogP contribution in [0.15, 0.2) is 42.7 Å². The predicted molar refractivity (Wildman–Crippen MR) is 70.7 cm³/mol. The Labute approximate surface area is 107 Å². The molecule has 0 spiro atoms. The van der Waals surface area contributed by atoms with Crippen LogP contribution < -0.4 is 5.32 Å². The zero-order valence-electron chi connectivity index (χ0n) is 10.4. The van der Waals surface area contributed by atoms with Gasteiger partial charge in [0.2, 0.25) is 0 Å². The molecule has 0 aliphatic rings. The second-order valence-electron chi connectivity index (χ2n) is 4.06. The zero-order valence-corrected chi connectivity index (χ0v) is 10.4. The lowest BCUT2D eigenvalue weighted by molar-refractivity contribution is 0.501. The van der Waals surface area contributed by atoms with Crippen LogP contribution in [0.4, 0.5) is 0 Å². The Morgan fingerprint density at radius 3 is 2.78 bits per heavy atom. The summed E-state index contributed by atoms with van der Waals surface area (Å²) >= 11 is 0. The highest BCUT2D eigenvalue weighted by atomic mass is 15.3. The molecular formula is C14H16N4. The molecule has 18 heavy (non-hydrogen) atoms. The summed E-state index contributed by atoms with van der Waals surface area (Å²) in [6.07, 6.45) is 3.80. The molecule has 1 unspecified atom stereocenters. The van der Waals surface area contributed by atoms with Crippen LogP contribution in [0.25, 0.3) is 11.1 Å². The number of nitriles is 1.